The lowest BCUT2D eigenvalue weighted by molar-refractivity contribution is 0.464. The number of unbranched alkanes of at least 4 members (excludes halogenated alkanes) is 5. The molecule has 4 rings (SSSR count). The summed E-state index contributed by atoms with van der Waals surface area (Å²) >= 11 is 1.50. The maximum absolute atomic E-state index is 12.6. The number of phenolic OH excluding ortho intramolecular Hbond substituents is 1. The number of thiazole rings is 1. The fourth-order valence-corrected chi connectivity index (χ4v) is 4.61. The van der Waals surface area contributed by atoms with Crippen molar-refractivity contribution in [3.63, 3.8) is 0 Å². The van der Waals surface area contributed by atoms with Crippen LogP contribution in [0.3, 0.4) is 0 Å². The molecule has 5 heteroatoms. The van der Waals surface area contributed by atoms with Crippen molar-refractivity contribution < 1.29 is 9.52 Å². The van der Waals surface area contributed by atoms with E-state index in [-0.39, 0.29) is 5.75 Å². The Balaban J connectivity index is 1.58. The second kappa shape index (κ2) is 9.92. The van der Waals surface area contributed by atoms with Gasteiger partial charge in [0, 0.05) is 22.4 Å². The Morgan fingerprint density at radius 3 is 2.58 bits per heavy atom. The van der Waals surface area contributed by atoms with E-state index < -0.39 is 5.63 Å². The number of aryl methyl sites for hydroxylation is 1. The minimum Gasteiger partial charge on any atom is -0.508 e. The Morgan fingerprint density at radius 1 is 1.00 bits per heavy atom. The largest absolute Gasteiger partial charge is 0.508 e. The minimum absolute atomic E-state index is 0.192. The Labute approximate surface area is 186 Å². The van der Waals surface area contributed by atoms with E-state index in [0.29, 0.717) is 16.8 Å². The number of aromatic hydroxyl groups is 1. The second-order valence-corrected chi connectivity index (χ2v) is 8.75. The molecule has 4 nitrogen and oxygen atoms in total. The molecular formula is C26H27NO3S. The smallest absolute Gasteiger partial charge is 0.345 e. The number of aromatic nitrogens is 1. The number of rotatable bonds is 9. The Morgan fingerprint density at radius 2 is 1.77 bits per heavy atom. The minimum atomic E-state index is -0.444. The molecule has 2 aromatic heterocycles. The normalized spacial score (nSPS) is 11.3. The molecule has 0 bridgehead atoms. The Bertz CT molecular complexity index is 1210. The molecule has 0 atom stereocenters. The number of hydrogen-bond donors (Lipinski definition) is 1. The SMILES string of the molecule is CCCCCCCCc1cc2cc(-c3csc(-c4ccccc4)n3)c(=O)oc2cc1O. The molecule has 0 unspecified atom stereocenters. The molecule has 0 saturated carbocycles. The van der Waals surface area contributed by atoms with Crippen LogP contribution in [0.25, 0.3) is 32.8 Å². The summed E-state index contributed by atoms with van der Waals surface area (Å²) in [5.41, 5.74) is 2.94. The summed E-state index contributed by atoms with van der Waals surface area (Å²) in [5, 5.41) is 13.9. The van der Waals surface area contributed by atoms with Gasteiger partial charge in [-0.2, -0.15) is 0 Å². The van der Waals surface area contributed by atoms with E-state index in [4.69, 9.17) is 4.42 Å². The third-order valence-electron chi connectivity index (χ3n) is 5.53. The van der Waals surface area contributed by atoms with Crippen LogP contribution in [0.4, 0.5) is 0 Å². The van der Waals surface area contributed by atoms with Crippen LogP contribution < -0.4 is 5.63 Å². The highest BCUT2D eigenvalue weighted by Gasteiger charge is 2.14. The highest BCUT2D eigenvalue weighted by Crippen LogP contribution is 2.31. The molecule has 160 valence electrons. The van der Waals surface area contributed by atoms with Gasteiger partial charge in [-0.1, -0.05) is 69.4 Å². The predicted molar refractivity (Wildman–Crippen MR) is 128 cm³/mol. The first-order chi connectivity index (χ1) is 15.2. The predicted octanol–water partition coefficient (Wildman–Crippen LogP) is 7.19. The van der Waals surface area contributed by atoms with Crippen molar-refractivity contribution in [1.29, 1.82) is 0 Å². The summed E-state index contributed by atoms with van der Waals surface area (Å²) in [7, 11) is 0. The number of fused-ring (bicyclic) bond motifs is 1. The van der Waals surface area contributed by atoms with Crippen molar-refractivity contribution in [2.24, 2.45) is 0 Å². The van der Waals surface area contributed by atoms with Gasteiger partial charge < -0.3 is 9.52 Å². The van der Waals surface area contributed by atoms with Crippen LogP contribution in [0, 0.1) is 0 Å². The van der Waals surface area contributed by atoms with Crippen LogP contribution >= 0.6 is 11.3 Å². The first-order valence-electron chi connectivity index (χ1n) is 11.0. The zero-order chi connectivity index (χ0) is 21.6. The highest BCUT2D eigenvalue weighted by atomic mass is 32.1. The summed E-state index contributed by atoms with van der Waals surface area (Å²) in [6, 6.07) is 15.2. The molecule has 0 saturated heterocycles. The van der Waals surface area contributed by atoms with Gasteiger partial charge in [-0.05, 0) is 30.5 Å². The van der Waals surface area contributed by atoms with Crippen LogP contribution in [-0.4, -0.2) is 10.1 Å². The van der Waals surface area contributed by atoms with Crippen molar-refractivity contribution in [3.05, 3.63) is 69.9 Å². The van der Waals surface area contributed by atoms with Gasteiger partial charge >= 0.3 is 5.63 Å². The molecular weight excluding hydrogens is 406 g/mol. The van der Waals surface area contributed by atoms with Gasteiger partial charge in [0.05, 0.1) is 11.3 Å². The van der Waals surface area contributed by atoms with Crippen molar-refractivity contribution >= 4 is 22.3 Å². The zero-order valence-electron chi connectivity index (χ0n) is 17.8. The maximum Gasteiger partial charge on any atom is 0.345 e. The molecule has 0 spiro atoms. The second-order valence-electron chi connectivity index (χ2n) is 7.89. The van der Waals surface area contributed by atoms with Gasteiger partial charge in [0.25, 0.3) is 0 Å². The Hall–Kier alpha value is -2.92. The third kappa shape index (κ3) is 5.05. The summed E-state index contributed by atoms with van der Waals surface area (Å²) in [4.78, 5) is 17.2. The highest BCUT2D eigenvalue weighted by molar-refractivity contribution is 7.13. The summed E-state index contributed by atoms with van der Waals surface area (Å²) in [6.45, 7) is 2.22. The fourth-order valence-electron chi connectivity index (χ4n) is 3.79. The monoisotopic (exact) mass is 433 g/mol. The standard InChI is InChI=1S/C26H27NO3S/c1-2-3-4-5-6-8-13-19-14-20-15-21(26(29)30-24(20)16-23(19)28)22-17-31-25(27-22)18-11-9-7-10-12-18/h7,9-12,14-17,28H,2-6,8,13H2,1H3. The van der Waals surface area contributed by atoms with Crippen molar-refractivity contribution in [3.8, 4) is 27.6 Å². The molecule has 1 N–H and O–H groups in total. The van der Waals surface area contributed by atoms with Gasteiger partial charge in [-0.25, -0.2) is 9.78 Å². The lowest BCUT2D eigenvalue weighted by Crippen LogP contribution is -2.03. The fraction of sp³-hybridized carbons (Fsp3) is 0.308. The van der Waals surface area contributed by atoms with Crippen LogP contribution in [-0.2, 0) is 6.42 Å². The average Bonchev–Trinajstić information content (AvgIpc) is 3.27. The van der Waals surface area contributed by atoms with E-state index in [1.54, 1.807) is 6.07 Å². The van der Waals surface area contributed by atoms with Crippen molar-refractivity contribution in [2.75, 3.05) is 0 Å². The average molecular weight is 434 g/mol. The quantitative estimate of drug-likeness (QED) is 0.224. The summed E-state index contributed by atoms with van der Waals surface area (Å²) in [6.07, 6.45) is 8.04. The van der Waals surface area contributed by atoms with Gasteiger partial charge in [0.15, 0.2) is 0 Å². The third-order valence-corrected chi connectivity index (χ3v) is 6.43. The molecule has 2 heterocycles. The zero-order valence-corrected chi connectivity index (χ0v) is 18.6. The number of nitrogens with zero attached hydrogens (tertiary/aromatic N) is 1. The lowest BCUT2D eigenvalue weighted by atomic mass is 10.0. The topological polar surface area (TPSA) is 63.3 Å². The molecule has 0 amide bonds. The van der Waals surface area contributed by atoms with Crippen molar-refractivity contribution in [1.82, 2.24) is 4.98 Å². The summed E-state index contributed by atoms with van der Waals surface area (Å²) < 4.78 is 5.52. The summed E-state index contributed by atoms with van der Waals surface area (Å²) in [5.74, 6) is 0.192. The van der Waals surface area contributed by atoms with Gasteiger partial charge in [0.2, 0.25) is 0 Å². The molecule has 0 aliphatic rings. The van der Waals surface area contributed by atoms with E-state index in [1.165, 1.54) is 37.0 Å². The molecule has 0 fully saturated rings. The molecule has 4 aromatic rings. The van der Waals surface area contributed by atoms with E-state index >= 15 is 0 Å². The molecule has 31 heavy (non-hydrogen) atoms. The van der Waals surface area contributed by atoms with Crippen molar-refractivity contribution in [2.45, 2.75) is 51.9 Å². The molecule has 2 aromatic carbocycles. The van der Waals surface area contributed by atoms with Crippen LogP contribution in [0.15, 0.2) is 63.1 Å². The maximum atomic E-state index is 12.6. The molecule has 0 radical (unpaired) electrons. The molecule has 0 aliphatic carbocycles. The van der Waals surface area contributed by atoms with Gasteiger partial charge in [0.1, 0.15) is 16.3 Å². The van der Waals surface area contributed by atoms with E-state index in [9.17, 15) is 9.90 Å². The van der Waals surface area contributed by atoms with E-state index in [2.05, 4.69) is 11.9 Å². The lowest BCUT2D eigenvalue weighted by Gasteiger charge is -2.07. The van der Waals surface area contributed by atoms with Crippen LogP contribution in [0.5, 0.6) is 5.75 Å². The number of benzene rings is 2. The number of hydrogen-bond acceptors (Lipinski definition) is 5. The number of phenols is 1. The Kier molecular flexibility index (Phi) is 6.82. The van der Waals surface area contributed by atoms with E-state index in [1.807, 2.05) is 47.8 Å². The van der Waals surface area contributed by atoms with Crippen LogP contribution in [0.1, 0.15) is 51.0 Å². The van der Waals surface area contributed by atoms with Gasteiger partial charge in [-0.3, -0.25) is 0 Å². The van der Waals surface area contributed by atoms with Crippen LogP contribution in [0.2, 0.25) is 0 Å². The van der Waals surface area contributed by atoms with E-state index in [0.717, 1.165) is 40.8 Å². The molecule has 0 aliphatic heterocycles. The first-order valence-corrected chi connectivity index (χ1v) is 11.8. The first kappa shape index (κ1) is 21.3. The van der Waals surface area contributed by atoms with Gasteiger partial charge in [-0.15, -0.1) is 11.3 Å².